The van der Waals surface area contributed by atoms with E-state index in [1.165, 1.54) is 0 Å². The van der Waals surface area contributed by atoms with Crippen molar-refractivity contribution in [1.29, 1.82) is 0 Å². The van der Waals surface area contributed by atoms with E-state index >= 15 is 0 Å². The second-order valence-electron chi connectivity index (χ2n) is 7.42. The number of nitrogens with one attached hydrogen (secondary N) is 1. The molecule has 27 heavy (non-hydrogen) atoms. The van der Waals surface area contributed by atoms with Gasteiger partial charge in [0, 0.05) is 25.6 Å². The molecule has 1 aromatic rings. The van der Waals surface area contributed by atoms with Crippen LogP contribution < -0.4 is 4.72 Å². The highest BCUT2D eigenvalue weighted by atomic mass is 32.2. The number of carboxylic acid groups (broad SMARTS) is 1. The minimum absolute atomic E-state index is 0.0602. The van der Waals surface area contributed by atoms with Gasteiger partial charge in [-0.05, 0) is 42.9 Å². The first-order valence-corrected chi connectivity index (χ1v) is 10.8. The summed E-state index contributed by atoms with van der Waals surface area (Å²) in [7, 11) is -3.47. The Bertz CT molecular complexity index is 755. The van der Waals surface area contributed by atoms with Crippen molar-refractivity contribution >= 4 is 21.9 Å². The van der Waals surface area contributed by atoms with Gasteiger partial charge < -0.3 is 10.0 Å². The van der Waals surface area contributed by atoms with E-state index in [1.54, 1.807) is 29.2 Å². The van der Waals surface area contributed by atoms with Crippen molar-refractivity contribution in [2.75, 3.05) is 13.1 Å². The van der Waals surface area contributed by atoms with Crippen LogP contribution in [-0.2, 0) is 26.0 Å². The molecule has 0 heterocycles. The largest absolute Gasteiger partial charge is 0.481 e. The fourth-order valence-electron chi connectivity index (χ4n) is 2.72. The predicted octanol–water partition coefficient (Wildman–Crippen LogP) is 2.02. The summed E-state index contributed by atoms with van der Waals surface area (Å²) in [6.07, 6.45) is 2.44. The number of benzene rings is 1. The highest BCUT2D eigenvalue weighted by Gasteiger charge is 2.27. The molecule has 0 unspecified atom stereocenters. The maximum Gasteiger partial charge on any atom is 0.305 e. The van der Waals surface area contributed by atoms with Gasteiger partial charge in [0.15, 0.2) is 0 Å². The van der Waals surface area contributed by atoms with Crippen molar-refractivity contribution in [2.24, 2.45) is 5.92 Å². The number of sulfonamides is 1. The number of amides is 1. The summed E-state index contributed by atoms with van der Waals surface area (Å²) in [6, 6.07) is 6.62. The van der Waals surface area contributed by atoms with Gasteiger partial charge in [0.2, 0.25) is 15.9 Å². The van der Waals surface area contributed by atoms with Gasteiger partial charge in [-0.1, -0.05) is 26.0 Å². The zero-order valence-corrected chi connectivity index (χ0v) is 16.7. The third-order valence-electron chi connectivity index (χ3n) is 4.29. The number of aliphatic carboxylic acids is 1. The van der Waals surface area contributed by atoms with E-state index < -0.39 is 16.0 Å². The van der Waals surface area contributed by atoms with Gasteiger partial charge in [0.25, 0.3) is 0 Å². The Kier molecular flexibility index (Phi) is 7.38. The summed E-state index contributed by atoms with van der Waals surface area (Å²) in [5, 5.41) is 8.84. The Morgan fingerprint density at radius 1 is 1.19 bits per heavy atom. The zero-order valence-electron chi connectivity index (χ0n) is 15.8. The van der Waals surface area contributed by atoms with Crippen LogP contribution in [0.15, 0.2) is 29.2 Å². The Balaban J connectivity index is 1.91. The van der Waals surface area contributed by atoms with E-state index in [0.717, 1.165) is 18.4 Å². The van der Waals surface area contributed by atoms with E-state index in [4.69, 9.17) is 5.11 Å². The van der Waals surface area contributed by atoms with Gasteiger partial charge in [-0.2, -0.15) is 0 Å². The fourth-order valence-corrected chi connectivity index (χ4v) is 4.03. The van der Waals surface area contributed by atoms with Gasteiger partial charge in [-0.25, -0.2) is 13.1 Å². The molecule has 1 aliphatic carbocycles. The first kappa shape index (κ1) is 21.4. The van der Waals surface area contributed by atoms with Crippen LogP contribution >= 0.6 is 0 Å². The fraction of sp³-hybridized carbons (Fsp3) is 0.579. The number of nitrogens with zero attached hydrogens (tertiary/aromatic N) is 1. The molecule has 0 radical (unpaired) electrons. The third-order valence-corrected chi connectivity index (χ3v) is 5.83. The van der Waals surface area contributed by atoms with Gasteiger partial charge in [-0.3, -0.25) is 9.59 Å². The molecule has 0 aliphatic heterocycles. The number of carboxylic acids is 1. The van der Waals surface area contributed by atoms with E-state index in [9.17, 15) is 18.0 Å². The molecule has 1 fully saturated rings. The molecule has 0 atom stereocenters. The summed E-state index contributed by atoms with van der Waals surface area (Å²) < 4.78 is 27.0. The van der Waals surface area contributed by atoms with Crippen molar-refractivity contribution in [3.63, 3.8) is 0 Å². The first-order chi connectivity index (χ1) is 12.7. The predicted molar refractivity (Wildman–Crippen MR) is 102 cm³/mol. The second-order valence-corrected chi connectivity index (χ2v) is 9.13. The molecule has 1 amide bonds. The van der Waals surface area contributed by atoms with Crippen molar-refractivity contribution in [1.82, 2.24) is 9.62 Å². The van der Waals surface area contributed by atoms with Crippen LogP contribution in [0.4, 0.5) is 0 Å². The van der Waals surface area contributed by atoms with Gasteiger partial charge in [0.05, 0.1) is 11.3 Å². The monoisotopic (exact) mass is 396 g/mol. The Labute approximate surface area is 160 Å². The standard InChI is InChI=1S/C19H28N2O5S/c1-14(2)13-21(12-11-19(23)24)18(22)10-5-15-3-8-17(9-4-15)27(25,26)20-16-6-7-16/h3-4,8-9,14,16,20H,5-7,10-13H2,1-2H3,(H,23,24). The maximum absolute atomic E-state index is 12.4. The third kappa shape index (κ3) is 7.30. The van der Waals surface area contributed by atoms with Crippen molar-refractivity contribution < 1.29 is 23.1 Å². The lowest BCUT2D eigenvalue weighted by atomic mass is 10.1. The number of hydrogen-bond donors (Lipinski definition) is 2. The Morgan fingerprint density at radius 2 is 1.81 bits per heavy atom. The van der Waals surface area contributed by atoms with E-state index in [1.807, 2.05) is 13.8 Å². The molecule has 2 N–H and O–H groups in total. The number of rotatable bonds is 11. The second kappa shape index (κ2) is 9.32. The maximum atomic E-state index is 12.4. The van der Waals surface area contributed by atoms with Crippen molar-refractivity contribution in [2.45, 2.75) is 56.9 Å². The first-order valence-electron chi connectivity index (χ1n) is 9.28. The molecule has 0 spiro atoms. The van der Waals surface area contributed by atoms with Crippen LogP contribution in [0.25, 0.3) is 0 Å². The van der Waals surface area contributed by atoms with Gasteiger partial charge in [0.1, 0.15) is 0 Å². The summed E-state index contributed by atoms with van der Waals surface area (Å²) in [5.41, 5.74) is 0.872. The van der Waals surface area contributed by atoms with Crippen LogP contribution in [0.2, 0.25) is 0 Å². The Hall–Kier alpha value is -1.93. The quantitative estimate of drug-likeness (QED) is 0.595. The molecule has 2 rings (SSSR count). The number of aryl methyl sites for hydroxylation is 1. The number of carbonyl (C=O) groups excluding carboxylic acids is 1. The lowest BCUT2D eigenvalue weighted by Crippen LogP contribution is -2.36. The average molecular weight is 397 g/mol. The highest BCUT2D eigenvalue weighted by Crippen LogP contribution is 2.22. The number of carbonyl (C=O) groups is 2. The minimum atomic E-state index is -3.47. The molecule has 1 aliphatic rings. The molecular formula is C19H28N2O5S. The summed E-state index contributed by atoms with van der Waals surface area (Å²) in [5.74, 6) is -0.753. The van der Waals surface area contributed by atoms with E-state index in [0.29, 0.717) is 13.0 Å². The molecule has 1 aromatic carbocycles. The Morgan fingerprint density at radius 3 is 2.33 bits per heavy atom. The van der Waals surface area contributed by atoms with Crippen LogP contribution in [0, 0.1) is 5.92 Å². The van der Waals surface area contributed by atoms with Crippen LogP contribution in [0.5, 0.6) is 0 Å². The lowest BCUT2D eigenvalue weighted by Gasteiger charge is -2.24. The molecule has 0 bridgehead atoms. The molecule has 7 nitrogen and oxygen atoms in total. The van der Waals surface area contributed by atoms with E-state index in [-0.39, 0.29) is 42.1 Å². The minimum Gasteiger partial charge on any atom is -0.481 e. The smallest absolute Gasteiger partial charge is 0.305 e. The van der Waals surface area contributed by atoms with Crippen molar-refractivity contribution in [3.8, 4) is 0 Å². The average Bonchev–Trinajstić information content (AvgIpc) is 3.39. The molecular weight excluding hydrogens is 368 g/mol. The van der Waals surface area contributed by atoms with Crippen molar-refractivity contribution in [3.05, 3.63) is 29.8 Å². The molecule has 0 aromatic heterocycles. The van der Waals surface area contributed by atoms with E-state index in [2.05, 4.69) is 4.72 Å². The SMILES string of the molecule is CC(C)CN(CCC(=O)O)C(=O)CCc1ccc(S(=O)(=O)NC2CC2)cc1. The van der Waals surface area contributed by atoms with Gasteiger partial charge in [-0.15, -0.1) is 0 Å². The highest BCUT2D eigenvalue weighted by molar-refractivity contribution is 7.89. The van der Waals surface area contributed by atoms with Crippen LogP contribution in [0.1, 0.15) is 45.1 Å². The van der Waals surface area contributed by atoms with Gasteiger partial charge >= 0.3 is 5.97 Å². The molecule has 0 saturated heterocycles. The summed E-state index contributed by atoms with van der Waals surface area (Å²) >= 11 is 0. The summed E-state index contributed by atoms with van der Waals surface area (Å²) in [4.78, 5) is 25.1. The topological polar surface area (TPSA) is 104 Å². The molecule has 8 heteroatoms. The zero-order chi connectivity index (χ0) is 20.0. The number of hydrogen-bond acceptors (Lipinski definition) is 4. The molecule has 1 saturated carbocycles. The van der Waals surface area contributed by atoms with Crippen LogP contribution in [0.3, 0.4) is 0 Å². The summed E-state index contributed by atoms with van der Waals surface area (Å²) in [6.45, 7) is 4.69. The lowest BCUT2D eigenvalue weighted by molar-refractivity contribution is -0.138. The molecule has 150 valence electrons. The van der Waals surface area contributed by atoms with Crippen LogP contribution in [-0.4, -0.2) is 49.4 Å². The normalized spacial score (nSPS) is 14.3.